The number of carbonyl (C=O) groups is 1. The van der Waals surface area contributed by atoms with Crippen LogP contribution in [-0.4, -0.2) is 76.2 Å². The molecule has 1 rings (SSSR count). The first-order valence-electron chi connectivity index (χ1n) is 20.3. The van der Waals surface area contributed by atoms with Crippen LogP contribution in [0.4, 0.5) is 0 Å². The summed E-state index contributed by atoms with van der Waals surface area (Å²) in [5.74, 6) is 0.246. The third kappa shape index (κ3) is 29.4. The predicted octanol–water partition coefficient (Wildman–Crippen LogP) is 10.8. The van der Waals surface area contributed by atoms with Crippen molar-refractivity contribution in [2.24, 2.45) is 0 Å². The van der Waals surface area contributed by atoms with E-state index in [0.717, 1.165) is 38.9 Å². The molecule has 0 aliphatic carbocycles. The summed E-state index contributed by atoms with van der Waals surface area (Å²) in [6, 6.07) is 0. The predicted molar refractivity (Wildman–Crippen MR) is 195 cm³/mol. The summed E-state index contributed by atoms with van der Waals surface area (Å²) in [6.07, 6.45) is 34.9. The van der Waals surface area contributed by atoms with Gasteiger partial charge in [0.05, 0.1) is 25.9 Å². The van der Waals surface area contributed by atoms with Gasteiger partial charge in [-0.1, -0.05) is 162 Å². The molecule has 1 heterocycles. The zero-order chi connectivity index (χ0) is 33.2. The van der Waals surface area contributed by atoms with Gasteiger partial charge < -0.3 is 23.8 Å². The van der Waals surface area contributed by atoms with E-state index in [-0.39, 0.29) is 18.1 Å². The zero-order valence-electron chi connectivity index (χ0n) is 31.2. The topological polar surface area (TPSA) is 60.5 Å². The quantitative estimate of drug-likeness (QED) is 0.0490. The number of unbranched alkanes of at least 4 members (excludes halogenated alkanes) is 23. The van der Waals surface area contributed by atoms with Crippen LogP contribution in [0, 0.1) is 0 Å². The highest BCUT2D eigenvalue weighted by atomic mass is 16.6. The van der Waals surface area contributed by atoms with Gasteiger partial charge in [0, 0.05) is 39.8 Å². The highest BCUT2D eigenvalue weighted by Gasteiger charge is 2.26. The fourth-order valence-corrected chi connectivity index (χ4v) is 6.24. The van der Waals surface area contributed by atoms with Gasteiger partial charge in [-0.05, 0) is 19.3 Å². The monoisotopic (exact) mass is 654 g/mol. The second kappa shape index (κ2) is 34.2. The van der Waals surface area contributed by atoms with E-state index in [1.165, 1.54) is 141 Å². The Morgan fingerprint density at radius 2 is 1.11 bits per heavy atom. The van der Waals surface area contributed by atoms with Crippen molar-refractivity contribution in [1.82, 2.24) is 4.90 Å². The van der Waals surface area contributed by atoms with E-state index in [9.17, 15) is 4.79 Å². The summed E-state index contributed by atoms with van der Waals surface area (Å²) in [6.45, 7) is 9.21. The molecule has 0 spiro atoms. The molecular formula is C40H79NO5. The summed E-state index contributed by atoms with van der Waals surface area (Å²) in [7, 11) is 1.73. The lowest BCUT2D eigenvalue weighted by atomic mass is 10.0. The molecular weight excluding hydrogens is 574 g/mol. The summed E-state index contributed by atoms with van der Waals surface area (Å²) < 4.78 is 23.0. The van der Waals surface area contributed by atoms with E-state index >= 15 is 0 Å². The molecule has 0 bridgehead atoms. The van der Waals surface area contributed by atoms with Gasteiger partial charge in [0.1, 0.15) is 6.10 Å². The fraction of sp³-hybridized carbons (Fsp3) is 0.975. The Balaban J connectivity index is 2.22. The number of hydrogen-bond acceptors (Lipinski definition) is 5. The number of carbonyl (C=O) groups excluding carboxylic acids is 1. The van der Waals surface area contributed by atoms with Crippen molar-refractivity contribution in [2.75, 3.05) is 53.2 Å². The van der Waals surface area contributed by atoms with E-state index in [0.29, 0.717) is 39.3 Å². The molecule has 0 radical (unpaired) electrons. The normalized spacial score (nSPS) is 15.0. The van der Waals surface area contributed by atoms with Gasteiger partial charge in [-0.15, -0.1) is 0 Å². The van der Waals surface area contributed by atoms with Crippen LogP contribution in [0.15, 0.2) is 0 Å². The van der Waals surface area contributed by atoms with Gasteiger partial charge in [-0.3, -0.25) is 4.79 Å². The minimum Gasteiger partial charge on any atom is -0.385 e. The molecule has 1 saturated heterocycles. The van der Waals surface area contributed by atoms with Crippen LogP contribution in [0.1, 0.15) is 187 Å². The highest BCUT2D eigenvalue weighted by Crippen LogP contribution is 2.16. The number of epoxide rings is 1. The molecule has 6 heteroatoms. The molecule has 46 heavy (non-hydrogen) atoms. The average Bonchev–Trinajstić information content (AvgIpc) is 3.90. The second-order valence-electron chi connectivity index (χ2n) is 14.1. The zero-order valence-corrected chi connectivity index (χ0v) is 31.2. The third-order valence-electron chi connectivity index (χ3n) is 9.41. The number of hydrogen-bond donors (Lipinski definition) is 0. The largest absolute Gasteiger partial charge is 0.385 e. The number of ether oxygens (including phenoxy) is 4. The third-order valence-corrected chi connectivity index (χ3v) is 9.41. The van der Waals surface area contributed by atoms with Gasteiger partial charge >= 0.3 is 0 Å². The molecule has 2 atom stereocenters. The van der Waals surface area contributed by atoms with Crippen molar-refractivity contribution in [1.29, 1.82) is 0 Å². The maximum atomic E-state index is 13.3. The molecule has 0 aromatic heterocycles. The highest BCUT2D eigenvalue weighted by molar-refractivity contribution is 5.76. The average molecular weight is 654 g/mol. The van der Waals surface area contributed by atoms with Crippen molar-refractivity contribution in [3.63, 3.8) is 0 Å². The van der Waals surface area contributed by atoms with Crippen LogP contribution in [0.2, 0.25) is 0 Å². The Kier molecular flexibility index (Phi) is 32.2. The molecule has 1 aliphatic rings. The van der Waals surface area contributed by atoms with Crippen molar-refractivity contribution in [3.05, 3.63) is 0 Å². The maximum absolute atomic E-state index is 13.3. The number of methoxy groups -OCH3 is 1. The molecule has 0 saturated carbocycles. The molecule has 1 amide bonds. The van der Waals surface area contributed by atoms with Crippen LogP contribution >= 0.6 is 0 Å². The van der Waals surface area contributed by atoms with Crippen molar-refractivity contribution in [2.45, 2.75) is 199 Å². The van der Waals surface area contributed by atoms with Crippen LogP contribution in [0.5, 0.6) is 0 Å². The summed E-state index contributed by atoms with van der Waals surface area (Å²) >= 11 is 0. The van der Waals surface area contributed by atoms with Gasteiger partial charge in [-0.2, -0.15) is 0 Å². The standard InChI is InChI=1S/C40H79NO5/c1-4-6-8-10-12-14-16-17-18-20-22-24-26-28-33-44-35-38(45-36-39-37-46-39)34-41(31-29-32-43-3)40(42)30-27-25-23-21-19-15-13-11-9-7-5-2/h38-39H,4-37H2,1-3H3. The minimum absolute atomic E-state index is 0.111. The summed E-state index contributed by atoms with van der Waals surface area (Å²) in [5.41, 5.74) is 0. The van der Waals surface area contributed by atoms with Crippen LogP contribution in [0.25, 0.3) is 0 Å². The summed E-state index contributed by atoms with van der Waals surface area (Å²) in [4.78, 5) is 15.3. The van der Waals surface area contributed by atoms with Crippen LogP contribution < -0.4 is 0 Å². The van der Waals surface area contributed by atoms with Gasteiger partial charge in [-0.25, -0.2) is 0 Å². The van der Waals surface area contributed by atoms with Crippen LogP contribution in [0.3, 0.4) is 0 Å². The first-order chi connectivity index (χ1) is 22.7. The molecule has 0 aromatic rings. The molecule has 0 aromatic carbocycles. The van der Waals surface area contributed by atoms with Gasteiger partial charge in [0.25, 0.3) is 0 Å². The lowest BCUT2D eigenvalue weighted by Crippen LogP contribution is -2.41. The molecule has 0 N–H and O–H groups in total. The molecule has 274 valence electrons. The van der Waals surface area contributed by atoms with Gasteiger partial charge in [0.2, 0.25) is 5.91 Å². The second-order valence-corrected chi connectivity index (χ2v) is 14.1. The Morgan fingerprint density at radius 1 is 0.652 bits per heavy atom. The Bertz CT molecular complexity index is 629. The first kappa shape index (κ1) is 43.3. The smallest absolute Gasteiger partial charge is 0.222 e. The van der Waals surface area contributed by atoms with E-state index in [1.807, 2.05) is 4.90 Å². The van der Waals surface area contributed by atoms with Gasteiger partial charge in [0.15, 0.2) is 0 Å². The number of amides is 1. The first-order valence-corrected chi connectivity index (χ1v) is 20.3. The number of nitrogens with zero attached hydrogens (tertiary/aromatic N) is 1. The van der Waals surface area contributed by atoms with Crippen LogP contribution in [-0.2, 0) is 23.7 Å². The Labute approximate surface area is 286 Å². The maximum Gasteiger partial charge on any atom is 0.222 e. The summed E-state index contributed by atoms with van der Waals surface area (Å²) in [5, 5.41) is 0. The Hall–Kier alpha value is -0.690. The number of rotatable bonds is 38. The minimum atomic E-state index is -0.111. The lowest BCUT2D eigenvalue weighted by Gasteiger charge is -2.28. The van der Waals surface area contributed by atoms with E-state index in [1.54, 1.807) is 7.11 Å². The lowest BCUT2D eigenvalue weighted by molar-refractivity contribution is -0.134. The van der Waals surface area contributed by atoms with Crippen molar-refractivity contribution >= 4 is 5.91 Å². The van der Waals surface area contributed by atoms with Crippen molar-refractivity contribution in [3.8, 4) is 0 Å². The molecule has 1 fully saturated rings. The van der Waals surface area contributed by atoms with Crippen molar-refractivity contribution < 1.29 is 23.7 Å². The Morgan fingerprint density at radius 3 is 1.57 bits per heavy atom. The van der Waals surface area contributed by atoms with E-state index < -0.39 is 0 Å². The SMILES string of the molecule is CCCCCCCCCCCCCCCCOCC(CN(CCCOC)C(=O)CCCCCCCCCCCCC)OCC1CO1. The van der Waals surface area contributed by atoms with E-state index in [4.69, 9.17) is 18.9 Å². The molecule has 1 aliphatic heterocycles. The van der Waals surface area contributed by atoms with E-state index in [2.05, 4.69) is 13.8 Å². The molecule has 2 unspecified atom stereocenters. The fourth-order valence-electron chi connectivity index (χ4n) is 6.24. The molecule has 6 nitrogen and oxygen atoms in total.